The van der Waals surface area contributed by atoms with Crippen LogP contribution in [0.2, 0.25) is 0 Å². The highest BCUT2D eigenvalue weighted by Crippen LogP contribution is 2.28. The largest absolute Gasteiger partial charge is 0.444 e. The molecular formula is C16H24N2O2. The van der Waals surface area contributed by atoms with E-state index < -0.39 is 5.60 Å². The summed E-state index contributed by atoms with van der Waals surface area (Å²) < 4.78 is 5.45. The minimum Gasteiger partial charge on any atom is -0.444 e. The van der Waals surface area contributed by atoms with Crippen LogP contribution in [-0.2, 0) is 4.74 Å². The van der Waals surface area contributed by atoms with Gasteiger partial charge in [0, 0.05) is 24.7 Å². The number of nitrogen functional groups attached to an aromatic ring is 1. The summed E-state index contributed by atoms with van der Waals surface area (Å²) in [6, 6.07) is 7.94. The molecule has 1 aromatic carbocycles. The smallest absolute Gasteiger partial charge is 0.410 e. The Labute approximate surface area is 120 Å². The third kappa shape index (κ3) is 3.89. The molecule has 0 radical (unpaired) electrons. The molecule has 1 saturated heterocycles. The van der Waals surface area contributed by atoms with E-state index in [9.17, 15) is 4.79 Å². The first-order valence-corrected chi connectivity index (χ1v) is 7.18. The average Bonchev–Trinajstić information content (AvgIpc) is 2.37. The van der Waals surface area contributed by atoms with Crippen LogP contribution in [-0.4, -0.2) is 29.7 Å². The molecule has 1 atom stereocenters. The molecule has 1 aliphatic heterocycles. The van der Waals surface area contributed by atoms with Crippen LogP contribution in [0, 0.1) is 0 Å². The number of piperidine rings is 1. The highest BCUT2D eigenvalue weighted by Gasteiger charge is 2.28. The summed E-state index contributed by atoms with van der Waals surface area (Å²) in [4.78, 5) is 13.9. The molecule has 2 rings (SSSR count). The fraction of sp³-hybridized carbons (Fsp3) is 0.562. The maximum atomic E-state index is 12.1. The van der Waals surface area contributed by atoms with Crippen molar-refractivity contribution >= 4 is 11.8 Å². The lowest BCUT2D eigenvalue weighted by atomic mass is 9.90. The maximum absolute atomic E-state index is 12.1. The van der Waals surface area contributed by atoms with Gasteiger partial charge in [0.15, 0.2) is 0 Å². The molecule has 0 spiro atoms. The van der Waals surface area contributed by atoms with Gasteiger partial charge < -0.3 is 15.4 Å². The van der Waals surface area contributed by atoms with Crippen molar-refractivity contribution < 1.29 is 9.53 Å². The highest BCUT2D eigenvalue weighted by molar-refractivity contribution is 5.68. The minimum absolute atomic E-state index is 0.217. The average molecular weight is 276 g/mol. The molecule has 1 fully saturated rings. The van der Waals surface area contributed by atoms with Gasteiger partial charge in [-0.1, -0.05) is 12.1 Å². The van der Waals surface area contributed by atoms with E-state index in [4.69, 9.17) is 10.5 Å². The quantitative estimate of drug-likeness (QED) is 0.800. The van der Waals surface area contributed by atoms with Crippen molar-refractivity contribution in [1.29, 1.82) is 0 Å². The topological polar surface area (TPSA) is 55.6 Å². The zero-order valence-electron chi connectivity index (χ0n) is 12.6. The van der Waals surface area contributed by atoms with Gasteiger partial charge in [-0.3, -0.25) is 0 Å². The van der Waals surface area contributed by atoms with E-state index in [1.165, 1.54) is 5.56 Å². The Balaban J connectivity index is 2.03. The predicted octanol–water partition coefficient (Wildman–Crippen LogP) is 3.38. The van der Waals surface area contributed by atoms with Crippen molar-refractivity contribution in [2.45, 2.75) is 45.1 Å². The third-order valence-electron chi connectivity index (χ3n) is 3.46. The Morgan fingerprint density at radius 3 is 2.80 bits per heavy atom. The van der Waals surface area contributed by atoms with E-state index in [1.807, 2.05) is 43.9 Å². The monoisotopic (exact) mass is 276 g/mol. The lowest BCUT2D eigenvalue weighted by Crippen LogP contribution is -2.42. The van der Waals surface area contributed by atoms with Crippen molar-refractivity contribution in [3.05, 3.63) is 29.8 Å². The molecule has 1 aromatic rings. The molecule has 4 nitrogen and oxygen atoms in total. The van der Waals surface area contributed by atoms with Crippen LogP contribution in [0.3, 0.4) is 0 Å². The lowest BCUT2D eigenvalue weighted by Gasteiger charge is -2.34. The molecule has 20 heavy (non-hydrogen) atoms. The van der Waals surface area contributed by atoms with Crippen molar-refractivity contribution in [2.24, 2.45) is 0 Å². The summed E-state index contributed by atoms with van der Waals surface area (Å²) in [6.07, 6.45) is 1.87. The van der Waals surface area contributed by atoms with Crippen molar-refractivity contribution in [3.8, 4) is 0 Å². The Morgan fingerprint density at radius 2 is 2.15 bits per heavy atom. The summed E-state index contributed by atoms with van der Waals surface area (Å²) in [5, 5.41) is 0. The Kier molecular flexibility index (Phi) is 4.21. The van der Waals surface area contributed by atoms with Gasteiger partial charge in [-0.2, -0.15) is 0 Å². The van der Waals surface area contributed by atoms with Gasteiger partial charge in [-0.05, 0) is 51.3 Å². The number of carbonyl (C=O) groups is 1. The van der Waals surface area contributed by atoms with E-state index in [0.717, 1.165) is 25.1 Å². The van der Waals surface area contributed by atoms with Crippen LogP contribution < -0.4 is 5.73 Å². The van der Waals surface area contributed by atoms with E-state index in [0.29, 0.717) is 12.5 Å². The Hall–Kier alpha value is -1.71. The van der Waals surface area contributed by atoms with Crippen molar-refractivity contribution in [2.75, 3.05) is 18.8 Å². The van der Waals surface area contributed by atoms with Crippen molar-refractivity contribution in [3.63, 3.8) is 0 Å². The predicted molar refractivity (Wildman–Crippen MR) is 80.6 cm³/mol. The normalized spacial score (nSPS) is 19.8. The fourth-order valence-electron chi connectivity index (χ4n) is 2.55. The molecule has 0 aliphatic carbocycles. The number of likely N-dealkylation sites (tertiary alicyclic amines) is 1. The molecule has 2 N–H and O–H groups in total. The zero-order chi connectivity index (χ0) is 14.8. The second-order valence-electron chi connectivity index (χ2n) is 6.44. The molecule has 0 aromatic heterocycles. The lowest BCUT2D eigenvalue weighted by molar-refractivity contribution is 0.0198. The molecule has 110 valence electrons. The number of nitrogens with two attached hydrogens (primary N) is 1. The van der Waals surface area contributed by atoms with Gasteiger partial charge in [-0.15, -0.1) is 0 Å². The number of anilines is 1. The van der Waals surface area contributed by atoms with Crippen LogP contribution in [0.15, 0.2) is 24.3 Å². The molecule has 0 bridgehead atoms. The summed E-state index contributed by atoms with van der Waals surface area (Å²) in [5.74, 6) is 0.347. The van der Waals surface area contributed by atoms with Gasteiger partial charge in [0.2, 0.25) is 0 Å². The molecule has 1 amide bonds. The number of hydrogen-bond acceptors (Lipinski definition) is 3. The number of benzene rings is 1. The van der Waals surface area contributed by atoms with Crippen LogP contribution in [0.25, 0.3) is 0 Å². The summed E-state index contributed by atoms with van der Waals surface area (Å²) in [7, 11) is 0. The third-order valence-corrected chi connectivity index (χ3v) is 3.46. The van der Waals surface area contributed by atoms with Gasteiger partial charge in [0.05, 0.1) is 0 Å². The zero-order valence-corrected chi connectivity index (χ0v) is 12.6. The highest BCUT2D eigenvalue weighted by atomic mass is 16.6. The Morgan fingerprint density at radius 1 is 1.40 bits per heavy atom. The van der Waals surface area contributed by atoms with Crippen molar-refractivity contribution in [1.82, 2.24) is 4.90 Å². The van der Waals surface area contributed by atoms with Gasteiger partial charge in [-0.25, -0.2) is 4.79 Å². The van der Waals surface area contributed by atoms with Gasteiger partial charge in [0.25, 0.3) is 0 Å². The second-order valence-corrected chi connectivity index (χ2v) is 6.44. The van der Waals surface area contributed by atoms with Crippen LogP contribution in [0.5, 0.6) is 0 Å². The van der Waals surface area contributed by atoms with E-state index in [-0.39, 0.29) is 6.09 Å². The summed E-state index contributed by atoms with van der Waals surface area (Å²) in [5.41, 5.74) is 7.38. The molecule has 1 heterocycles. The SMILES string of the molecule is CC(C)(C)OC(=O)N1CCCC(c2cccc(N)c2)C1. The first kappa shape index (κ1) is 14.7. The van der Waals surface area contributed by atoms with E-state index in [2.05, 4.69) is 6.07 Å². The number of nitrogens with zero attached hydrogens (tertiary/aromatic N) is 1. The first-order chi connectivity index (χ1) is 9.35. The van der Waals surface area contributed by atoms with Gasteiger partial charge in [0.1, 0.15) is 5.60 Å². The van der Waals surface area contributed by atoms with Crippen LogP contribution in [0.1, 0.15) is 45.1 Å². The first-order valence-electron chi connectivity index (χ1n) is 7.18. The fourth-order valence-corrected chi connectivity index (χ4v) is 2.55. The number of amides is 1. The summed E-state index contributed by atoms with van der Waals surface area (Å²) in [6.45, 7) is 7.16. The standard InChI is InChI=1S/C16H24N2O2/c1-16(2,3)20-15(19)18-9-5-7-13(11-18)12-6-4-8-14(17)10-12/h4,6,8,10,13H,5,7,9,11,17H2,1-3H3. The molecule has 1 aliphatic rings. The maximum Gasteiger partial charge on any atom is 0.410 e. The molecule has 1 unspecified atom stereocenters. The van der Waals surface area contributed by atoms with E-state index in [1.54, 1.807) is 0 Å². The number of rotatable bonds is 1. The minimum atomic E-state index is -0.443. The number of hydrogen-bond donors (Lipinski definition) is 1. The van der Waals surface area contributed by atoms with E-state index >= 15 is 0 Å². The van der Waals surface area contributed by atoms with Crippen LogP contribution >= 0.6 is 0 Å². The molecular weight excluding hydrogens is 252 g/mol. The second kappa shape index (κ2) is 5.73. The van der Waals surface area contributed by atoms with Gasteiger partial charge >= 0.3 is 6.09 Å². The summed E-state index contributed by atoms with van der Waals surface area (Å²) >= 11 is 0. The number of carbonyl (C=O) groups excluding carboxylic acids is 1. The Bertz CT molecular complexity index is 480. The number of ether oxygens (including phenoxy) is 1. The molecule has 4 heteroatoms. The molecule has 0 saturated carbocycles. The van der Waals surface area contributed by atoms with Crippen LogP contribution in [0.4, 0.5) is 10.5 Å².